The SMILES string of the molecule is CC[C@@H]1C[C@@H](O[Si](C)(C)C(C)(C)C)CN1C(=O)CCCCCCC(=O)CCSSC[C@@H](CC(=O)CC[C@H](NC(=O)c1ccc(N(Cc2cnc3nc(NC(=O)C(C)C)[nH]c(=O)c3n2)C(=O)C(F)(F)F)cc1)C(=O)OC)C(=O)OC. The normalized spacial score (nSPS) is 15.6. The minimum atomic E-state index is -5.36. The van der Waals surface area contributed by atoms with Crippen molar-refractivity contribution in [3.05, 3.63) is 52.1 Å². The number of ketones is 2. The van der Waals surface area contributed by atoms with E-state index in [0.717, 1.165) is 76.1 Å². The van der Waals surface area contributed by atoms with Gasteiger partial charge in [0.05, 0.1) is 44.7 Å². The molecule has 1 aliphatic rings. The number of amides is 4. The third-order valence-electron chi connectivity index (χ3n) is 13.8. The van der Waals surface area contributed by atoms with Crippen LogP contribution in [-0.4, -0.2) is 137 Å². The molecule has 0 unspecified atom stereocenters. The number of unbranched alkanes of at least 4 members (excludes halogenated alkanes) is 3. The number of rotatable bonds is 30. The van der Waals surface area contributed by atoms with Gasteiger partial charge in [-0.05, 0) is 74.5 Å². The fourth-order valence-corrected chi connectivity index (χ4v) is 11.9. The third-order valence-corrected chi connectivity index (χ3v) is 20.9. The Kier molecular flexibility index (Phi) is 25.1. The maximum atomic E-state index is 13.9. The Morgan fingerprint density at radius 1 is 0.886 bits per heavy atom. The van der Waals surface area contributed by atoms with E-state index in [2.05, 4.69) is 71.4 Å². The van der Waals surface area contributed by atoms with Crippen LogP contribution >= 0.6 is 21.6 Å². The smallest absolute Gasteiger partial charge is 0.469 e. The number of aromatic amines is 1. The number of esters is 2. The largest absolute Gasteiger partial charge is 0.471 e. The number of anilines is 2. The lowest BCUT2D eigenvalue weighted by Crippen LogP contribution is -2.44. The molecule has 0 radical (unpaired) electrons. The topological polar surface area (TPSA) is 266 Å². The molecule has 2 aromatic heterocycles. The highest BCUT2D eigenvalue weighted by Gasteiger charge is 2.44. The molecule has 4 atom stereocenters. The summed E-state index contributed by atoms with van der Waals surface area (Å²) in [4.78, 5) is 132. The Hall–Kier alpha value is -5.73. The van der Waals surface area contributed by atoms with Crippen molar-refractivity contribution in [3.63, 3.8) is 0 Å². The number of aromatic nitrogens is 4. The molecule has 20 nitrogen and oxygen atoms in total. The van der Waals surface area contributed by atoms with E-state index in [9.17, 15) is 56.3 Å². The number of fused-ring (bicyclic) bond motifs is 1. The van der Waals surface area contributed by atoms with Gasteiger partial charge in [0.2, 0.25) is 17.8 Å². The van der Waals surface area contributed by atoms with E-state index < -0.39 is 79.9 Å². The number of hydrogen-bond donors (Lipinski definition) is 3. The Labute approximate surface area is 467 Å². The number of likely N-dealkylation sites (tertiary alicyclic amines) is 1. The van der Waals surface area contributed by atoms with E-state index >= 15 is 0 Å². The number of nitrogens with zero attached hydrogens (tertiary/aromatic N) is 5. The standard InChI is InChI=1S/C53H75F3N8O12S2Si/c1-11-36-27-40(76-79(9,10)52(4,5)6)30-63(36)42(67)17-15-13-12-14-16-38(65)24-25-77-78-31-34(48(71)74-7)26-39(66)22-23-41(49(72)75-8)59-46(69)33-18-20-37(21-19-33)64(50(73)53(54,55)56)29-35-28-57-44-43(58-35)47(70)62-51(60-44)61-45(68)32(2)3/h18-21,28,32,34,36,40-41H,11-17,22-27,29-31H2,1-10H3,(H,59,69)(H2,57,60,61,62,68,70)/t34-,36-,40-,41+/m1/s1. The van der Waals surface area contributed by atoms with Crippen molar-refractivity contribution >= 4 is 99.8 Å². The molecule has 4 amide bonds. The van der Waals surface area contributed by atoms with Crippen molar-refractivity contribution in [1.82, 2.24) is 30.2 Å². The zero-order chi connectivity index (χ0) is 58.8. The van der Waals surface area contributed by atoms with E-state index in [4.69, 9.17) is 13.9 Å². The molecule has 436 valence electrons. The maximum Gasteiger partial charge on any atom is 0.471 e. The maximum absolute atomic E-state index is 13.9. The highest BCUT2D eigenvalue weighted by molar-refractivity contribution is 8.76. The van der Waals surface area contributed by atoms with Gasteiger partial charge in [0.25, 0.3) is 11.5 Å². The number of hydrogen-bond acceptors (Lipinski definition) is 17. The predicted octanol–water partition coefficient (Wildman–Crippen LogP) is 8.29. The summed E-state index contributed by atoms with van der Waals surface area (Å²) in [5.74, 6) is -6.10. The molecule has 3 heterocycles. The van der Waals surface area contributed by atoms with E-state index in [0.29, 0.717) is 36.5 Å². The van der Waals surface area contributed by atoms with Gasteiger partial charge in [-0.25, -0.2) is 14.8 Å². The van der Waals surface area contributed by atoms with Gasteiger partial charge >= 0.3 is 24.0 Å². The van der Waals surface area contributed by atoms with Crippen LogP contribution in [0.15, 0.2) is 35.3 Å². The molecule has 79 heavy (non-hydrogen) atoms. The Morgan fingerprint density at radius 2 is 1.54 bits per heavy atom. The summed E-state index contributed by atoms with van der Waals surface area (Å²) in [6.07, 6.45) is 1.20. The number of H-pyrrole nitrogens is 1. The third kappa shape index (κ3) is 20.1. The van der Waals surface area contributed by atoms with Gasteiger partial charge in [-0.3, -0.25) is 53.6 Å². The van der Waals surface area contributed by atoms with Crippen molar-refractivity contribution < 1.29 is 65.4 Å². The summed E-state index contributed by atoms with van der Waals surface area (Å²) >= 11 is 0. The fraction of sp³-hybridized carbons (Fsp3) is 0.623. The molecule has 26 heteroatoms. The van der Waals surface area contributed by atoms with Gasteiger partial charge in [0, 0.05) is 73.4 Å². The van der Waals surface area contributed by atoms with Crippen LogP contribution in [0.1, 0.15) is 135 Å². The summed E-state index contributed by atoms with van der Waals surface area (Å²) in [5, 5.41) is 4.97. The first-order valence-corrected chi connectivity index (χ1v) is 31.8. The molecule has 1 aromatic carbocycles. The Morgan fingerprint density at radius 3 is 2.15 bits per heavy atom. The van der Waals surface area contributed by atoms with E-state index in [1.807, 2.05) is 4.90 Å². The van der Waals surface area contributed by atoms with Crippen LogP contribution in [0.2, 0.25) is 18.1 Å². The number of methoxy groups -OCH3 is 2. The number of nitrogens with one attached hydrogen (secondary N) is 3. The van der Waals surface area contributed by atoms with Gasteiger partial charge in [0.15, 0.2) is 19.5 Å². The second kappa shape index (κ2) is 30.2. The van der Waals surface area contributed by atoms with Crippen LogP contribution in [0.25, 0.3) is 11.2 Å². The zero-order valence-electron chi connectivity index (χ0n) is 46.7. The van der Waals surface area contributed by atoms with E-state index in [-0.39, 0.29) is 87.9 Å². The molecule has 0 saturated carbocycles. The molecule has 0 spiro atoms. The summed E-state index contributed by atoms with van der Waals surface area (Å²) in [6, 6.07) is 3.16. The quantitative estimate of drug-likeness (QED) is 0.0245. The first-order chi connectivity index (χ1) is 37.1. The first-order valence-electron chi connectivity index (χ1n) is 26.4. The van der Waals surface area contributed by atoms with Gasteiger partial charge in [0.1, 0.15) is 17.6 Å². The second-order valence-corrected chi connectivity index (χ2v) is 28.6. The van der Waals surface area contributed by atoms with Crippen molar-refractivity contribution in [2.75, 3.05) is 42.5 Å². The predicted molar refractivity (Wildman–Crippen MR) is 297 cm³/mol. The number of halogens is 3. The van der Waals surface area contributed by atoms with Crippen LogP contribution in [0.5, 0.6) is 0 Å². The van der Waals surface area contributed by atoms with Gasteiger partial charge < -0.3 is 24.1 Å². The number of alkyl halides is 3. The Bertz CT molecular complexity index is 2690. The second-order valence-electron chi connectivity index (χ2n) is 21.2. The minimum Gasteiger partial charge on any atom is -0.469 e. The lowest BCUT2D eigenvalue weighted by atomic mass is 9.99. The first kappa shape index (κ1) is 65.8. The fourth-order valence-electron chi connectivity index (χ4n) is 8.24. The van der Waals surface area contributed by atoms with Gasteiger partial charge in [-0.1, -0.05) is 76.0 Å². The van der Waals surface area contributed by atoms with Crippen LogP contribution in [0, 0.1) is 11.8 Å². The van der Waals surface area contributed by atoms with E-state index in [1.165, 1.54) is 28.7 Å². The molecule has 1 aliphatic heterocycles. The van der Waals surface area contributed by atoms with E-state index in [1.54, 1.807) is 13.8 Å². The molecule has 0 bridgehead atoms. The average molecular weight is 1170 g/mol. The molecule has 1 fully saturated rings. The summed E-state index contributed by atoms with van der Waals surface area (Å²) < 4.78 is 58.1. The summed E-state index contributed by atoms with van der Waals surface area (Å²) in [6.45, 7) is 16.3. The van der Waals surface area contributed by atoms with Crippen molar-refractivity contribution in [2.45, 2.75) is 168 Å². The van der Waals surface area contributed by atoms with Gasteiger partial charge in [-0.15, -0.1) is 0 Å². The van der Waals surface area contributed by atoms with Crippen LogP contribution in [0.4, 0.5) is 24.8 Å². The zero-order valence-corrected chi connectivity index (χ0v) is 49.3. The van der Waals surface area contributed by atoms with Crippen LogP contribution in [0.3, 0.4) is 0 Å². The van der Waals surface area contributed by atoms with Crippen LogP contribution < -0.4 is 21.1 Å². The van der Waals surface area contributed by atoms with Crippen molar-refractivity contribution in [3.8, 4) is 0 Å². The molecular weight excluding hydrogens is 1090 g/mol. The monoisotopic (exact) mass is 1160 g/mol. The number of ether oxygens (including phenoxy) is 2. The van der Waals surface area contributed by atoms with Crippen LogP contribution in [-0.2, 0) is 54.0 Å². The highest BCUT2D eigenvalue weighted by Crippen LogP contribution is 2.39. The molecular formula is C53H75F3N8O12S2Si. The average Bonchev–Trinajstić information content (AvgIpc) is 3.81. The summed E-state index contributed by atoms with van der Waals surface area (Å²) in [7, 11) is 3.03. The molecule has 0 aliphatic carbocycles. The Balaban J connectivity index is 1.22. The molecule has 4 rings (SSSR count). The molecule has 1 saturated heterocycles. The van der Waals surface area contributed by atoms with Crippen molar-refractivity contribution in [1.29, 1.82) is 0 Å². The lowest BCUT2D eigenvalue weighted by Gasteiger charge is -2.38. The summed E-state index contributed by atoms with van der Waals surface area (Å²) in [5.41, 5.74) is -2.17. The number of Topliss-reactive ketones (excluding diaryl/α,β-unsaturated/α-hetero) is 2. The minimum absolute atomic E-state index is 0.0746. The number of carbonyl (C=O) groups is 8. The van der Waals surface area contributed by atoms with Gasteiger partial charge in [-0.2, -0.15) is 18.2 Å². The van der Waals surface area contributed by atoms with Crippen molar-refractivity contribution in [2.24, 2.45) is 11.8 Å². The lowest BCUT2D eigenvalue weighted by molar-refractivity contribution is -0.170. The number of carbonyl (C=O) groups excluding carboxylic acids is 8. The molecule has 3 aromatic rings. The molecule has 3 N–H and O–H groups in total. The number of benzene rings is 1. The highest BCUT2D eigenvalue weighted by atomic mass is 33.1.